The van der Waals surface area contributed by atoms with Gasteiger partial charge in [-0.25, -0.2) is 0 Å². The quantitative estimate of drug-likeness (QED) is 0.455. The van der Waals surface area contributed by atoms with E-state index in [4.69, 9.17) is 16.3 Å². The third-order valence-corrected chi connectivity index (χ3v) is 6.26. The molecule has 168 valence electrons. The van der Waals surface area contributed by atoms with E-state index in [1.807, 2.05) is 48.5 Å². The molecule has 0 heterocycles. The topological polar surface area (TPSA) is 58.6 Å². The van der Waals surface area contributed by atoms with E-state index in [1.54, 1.807) is 18.9 Å². The smallest absolute Gasteiger partial charge is 0.242 e. The van der Waals surface area contributed by atoms with Crippen LogP contribution < -0.4 is 10.1 Å². The lowest BCUT2D eigenvalue weighted by Gasteiger charge is -2.29. The molecule has 0 spiro atoms. The summed E-state index contributed by atoms with van der Waals surface area (Å²) >= 11 is 7.71. The normalized spacial score (nSPS) is 11.6. The van der Waals surface area contributed by atoms with Crippen LogP contribution in [0.1, 0.15) is 37.8 Å². The maximum atomic E-state index is 13.1. The van der Waals surface area contributed by atoms with Gasteiger partial charge in [-0.3, -0.25) is 9.59 Å². The molecule has 5 nitrogen and oxygen atoms in total. The number of rotatable bonds is 12. The predicted octanol–water partition coefficient (Wildman–Crippen LogP) is 4.92. The Labute approximate surface area is 194 Å². The highest BCUT2D eigenvalue weighted by atomic mass is 35.5. The Bertz CT molecular complexity index is 862. The molecule has 2 amide bonds. The van der Waals surface area contributed by atoms with Crippen LogP contribution in [0.5, 0.6) is 5.75 Å². The number of hydrogen-bond acceptors (Lipinski definition) is 4. The summed E-state index contributed by atoms with van der Waals surface area (Å²) in [6.45, 7) is 4.80. The molecule has 0 saturated heterocycles. The fraction of sp³-hybridized carbons (Fsp3) is 0.417. The van der Waals surface area contributed by atoms with Crippen LogP contribution in [0.15, 0.2) is 48.5 Å². The maximum Gasteiger partial charge on any atom is 0.242 e. The molecule has 31 heavy (non-hydrogen) atoms. The molecule has 2 aromatic rings. The molecule has 0 radical (unpaired) electrons. The molecule has 7 heteroatoms. The Morgan fingerprint density at radius 2 is 1.97 bits per heavy atom. The van der Waals surface area contributed by atoms with Crippen molar-refractivity contribution in [1.82, 2.24) is 10.2 Å². The van der Waals surface area contributed by atoms with Crippen LogP contribution in [-0.2, 0) is 21.9 Å². The predicted molar refractivity (Wildman–Crippen MR) is 129 cm³/mol. The Balaban J connectivity index is 2.08. The number of carbonyl (C=O) groups is 2. The number of unbranched alkanes of at least 4 members (excludes halogenated alkanes) is 1. The van der Waals surface area contributed by atoms with Crippen molar-refractivity contribution in [1.29, 1.82) is 0 Å². The van der Waals surface area contributed by atoms with Crippen molar-refractivity contribution in [2.75, 3.05) is 19.4 Å². The average Bonchev–Trinajstić information content (AvgIpc) is 2.78. The van der Waals surface area contributed by atoms with Crippen LogP contribution in [0.4, 0.5) is 0 Å². The molecule has 0 aromatic heterocycles. The Hall–Kier alpha value is -2.18. The monoisotopic (exact) mass is 462 g/mol. The number of ether oxygens (including phenoxy) is 1. The molecule has 0 unspecified atom stereocenters. The summed E-state index contributed by atoms with van der Waals surface area (Å²) < 4.78 is 5.30. The van der Waals surface area contributed by atoms with Crippen molar-refractivity contribution in [2.45, 2.75) is 45.0 Å². The molecule has 0 fully saturated rings. The molecule has 0 bridgehead atoms. The van der Waals surface area contributed by atoms with E-state index in [1.165, 1.54) is 11.8 Å². The third-order valence-electron chi connectivity index (χ3n) is 4.92. The molecule has 2 aromatic carbocycles. The second-order valence-corrected chi connectivity index (χ2v) is 8.67. The van der Waals surface area contributed by atoms with Crippen molar-refractivity contribution in [3.05, 3.63) is 64.7 Å². The van der Waals surface area contributed by atoms with Gasteiger partial charge in [0.1, 0.15) is 11.8 Å². The summed E-state index contributed by atoms with van der Waals surface area (Å²) in [7, 11) is 1.61. The zero-order valence-corrected chi connectivity index (χ0v) is 20.0. The largest absolute Gasteiger partial charge is 0.497 e. The fourth-order valence-electron chi connectivity index (χ4n) is 3.03. The SMILES string of the molecule is CCCCNC(=O)[C@@H](C)N(Cc1cccc(OC)c1)C(=O)CSCc1ccccc1Cl. The van der Waals surface area contributed by atoms with Gasteiger partial charge in [0.15, 0.2) is 0 Å². The Morgan fingerprint density at radius 1 is 1.19 bits per heavy atom. The van der Waals surface area contributed by atoms with Crippen molar-refractivity contribution >= 4 is 35.2 Å². The van der Waals surface area contributed by atoms with Crippen molar-refractivity contribution < 1.29 is 14.3 Å². The van der Waals surface area contributed by atoms with Gasteiger partial charge in [-0.1, -0.05) is 55.3 Å². The second-order valence-electron chi connectivity index (χ2n) is 7.28. The molecule has 1 N–H and O–H groups in total. The summed E-state index contributed by atoms with van der Waals surface area (Å²) in [4.78, 5) is 27.4. The highest BCUT2D eigenvalue weighted by molar-refractivity contribution is 7.99. The van der Waals surface area contributed by atoms with Crippen molar-refractivity contribution in [2.24, 2.45) is 0 Å². The zero-order chi connectivity index (χ0) is 22.6. The van der Waals surface area contributed by atoms with Gasteiger partial charge in [0.25, 0.3) is 0 Å². The number of halogens is 1. The van der Waals surface area contributed by atoms with Gasteiger partial charge in [0.2, 0.25) is 11.8 Å². The summed E-state index contributed by atoms with van der Waals surface area (Å²) in [5, 5.41) is 3.63. The van der Waals surface area contributed by atoms with Gasteiger partial charge in [-0.05, 0) is 42.7 Å². The van der Waals surface area contributed by atoms with E-state index < -0.39 is 6.04 Å². The van der Waals surface area contributed by atoms with Crippen molar-refractivity contribution in [3.63, 3.8) is 0 Å². The van der Waals surface area contributed by atoms with Gasteiger partial charge in [0, 0.05) is 23.9 Å². The van der Waals surface area contributed by atoms with E-state index in [-0.39, 0.29) is 17.6 Å². The lowest BCUT2D eigenvalue weighted by atomic mass is 10.1. The average molecular weight is 463 g/mol. The number of nitrogens with one attached hydrogen (secondary N) is 1. The number of thioether (sulfide) groups is 1. The van der Waals surface area contributed by atoms with E-state index in [9.17, 15) is 9.59 Å². The lowest BCUT2D eigenvalue weighted by Crippen LogP contribution is -2.48. The molecule has 0 aliphatic carbocycles. The minimum Gasteiger partial charge on any atom is -0.497 e. The van der Waals surface area contributed by atoms with E-state index in [0.29, 0.717) is 23.9 Å². The van der Waals surface area contributed by atoms with Gasteiger partial charge >= 0.3 is 0 Å². The summed E-state index contributed by atoms with van der Waals surface area (Å²) in [5.41, 5.74) is 1.91. The minimum absolute atomic E-state index is 0.0852. The fourth-order valence-corrected chi connectivity index (χ4v) is 4.23. The Kier molecular flexibility index (Phi) is 10.7. The molecule has 0 saturated carbocycles. The first-order valence-electron chi connectivity index (χ1n) is 10.5. The highest BCUT2D eigenvalue weighted by Crippen LogP contribution is 2.22. The maximum absolute atomic E-state index is 13.1. The van der Waals surface area contributed by atoms with Crippen LogP contribution in [0.2, 0.25) is 5.02 Å². The number of amides is 2. The molecule has 1 atom stereocenters. The number of carbonyl (C=O) groups excluding carboxylic acids is 2. The first-order chi connectivity index (χ1) is 15.0. The molecular formula is C24H31ClN2O3S. The first-order valence-corrected chi connectivity index (χ1v) is 12.0. The van der Waals surface area contributed by atoms with Gasteiger partial charge in [0.05, 0.1) is 12.9 Å². The van der Waals surface area contributed by atoms with Crippen LogP contribution in [0.25, 0.3) is 0 Å². The number of methoxy groups -OCH3 is 1. The lowest BCUT2D eigenvalue weighted by molar-refractivity contribution is -0.138. The van der Waals surface area contributed by atoms with Crippen LogP contribution in [-0.4, -0.2) is 42.2 Å². The first kappa shape index (κ1) is 25.1. The highest BCUT2D eigenvalue weighted by Gasteiger charge is 2.26. The molecule has 2 rings (SSSR count). The molecule has 0 aliphatic rings. The summed E-state index contributed by atoms with van der Waals surface area (Å²) in [6, 6.07) is 14.6. The van der Waals surface area contributed by atoms with Crippen molar-refractivity contribution in [3.8, 4) is 5.75 Å². The summed E-state index contributed by atoms with van der Waals surface area (Å²) in [5.74, 6) is 1.40. The number of benzene rings is 2. The van der Waals surface area contributed by atoms with Gasteiger partial charge in [-0.2, -0.15) is 0 Å². The standard InChI is InChI=1S/C24H31ClN2O3S/c1-4-5-13-26-24(29)18(2)27(15-19-9-8-11-21(14-19)30-3)23(28)17-31-16-20-10-6-7-12-22(20)25/h6-12,14,18H,4-5,13,15-17H2,1-3H3,(H,26,29)/t18-/m1/s1. The number of nitrogens with zero attached hydrogens (tertiary/aromatic N) is 1. The molecule has 0 aliphatic heterocycles. The third kappa shape index (κ3) is 8.11. The van der Waals surface area contributed by atoms with Gasteiger partial charge < -0.3 is 15.0 Å². The van der Waals surface area contributed by atoms with Crippen LogP contribution in [0.3, 0.4) is 0 Å². The second kappa shape index (κ2) is 13.3. The van der Waals surface area contributed by atoms with Crippen LogP contribution in [0, 0.1) is 0 Å². The minimum atomic E-state index is -0.573. The Morgan fingerprint density at radius 3 is 2.68 bits per heavy atom. The van der Waals surface area contributed by atoms with E-state index in [2.05, 4.69) is 12.2 Å². The van der Waals surface area contributed by atoms with Crippen LogP contribution >= 0.6 is 23.4 Å². The van der Waals surface area contributed by atoms with Gasteiger partial charge in [-0.15, -0.1) is 11.8 Å². The zero-order valence-electron chi connectivity index (χ0n) is 18.4. The van der Waals surface area contributed by atoms with E-state index in [0.717, 1.165) is 29.7 Å². The number of hydrogen-bond donors (Lipinski definition) is 1. The molecular weight excluding hydrogens is 432 g/mol. The van der Waals surface area contributed by atoms with E-state index >= 15 is 0 Å². The summed E-state index contributed by atoms with van der Waals surface area (Å²) in [6.07, 6.45) is 1.91.